The topological polar surface area (TPSA) is 66.5 Å². The molecule has 0 saturated carbocycles. The fraction of sp³-hybridized carbons (Fsp3) is 0.286. The van der Waals surface area contributed by atoms with Crippen LogP contribution in [0.5, 0.6) is 0 Å². The summed E-state index contributed by atoms with van der Waals surface area (Å²) in [6.45, 7) is 0.408. The first-order chi connectivity index (χ1) is 13.6. The molecule has 3 amide bonds. The summed E-state index contributed by atoms with van der Waals surface area (Å²) in [5, 5.41) is 3.17. The van der Waals surface area contributed by atoms with Gasteiger partial charge in [-0.05, 0) is 35.2 Å². The molecule has 2 aliphatic rings. The van der Waals surface area contributed by atoms with Crippen molar-refractivity contribution >= 4 is 45.4 Å². The van der Waals surface area contributed by atoms with Crippen LogP contribution in [0.15, 0.2) is 47.4 Å². The minimum absolute atomic E-state index is 0.131. The largest absolute Gasteiger partial charge is 0.322 e. The summed E-state index contributed by atoms with van der Waals surface area (Å²) >= 11 is 5.19. The van der Waals surface area contributed by atoms with Gasteiger partial charge < -0.3 is 4.90 Å². The lowest BCUT2D eigenvalue weighted by Crippen LogP contribution is -2.52. The maximum Gasteiger partial charge on any atom is 0.255 e. The van der Waals surface area contributed by atoms with Gasteiger partial charge in [0.05, 0.1) is 0 Å². The average molecular weight is 459 g/mol. The Balaban J connectivity index is 1.52. The number of hydrogen-bond donors (Lipinski definition) is 1. The van der Waals surface area contributed by atoms with Crippen LogP contribution in [0.2, 0.25) is 0 Å². The summed E-state index contributed by atoms with van der Waals surface area (Å²) in [7, 11) is 0. The highest BCUT2D eigenvalue weighted by Gasteiger charge is 2.39. The number of halogens is 1. The Labute approximate surface area is 176 Å². The molecule has 0 bridgehead atoms. The van der Waals surface area contributed by atoms with E-state index in [2.05, 4.69) is 45.5 Å². The number of rotatable bonds is 5. The number of thioether (sulfide) groups is 1. The SMILES string of the molecule is O=C1CCC(N2Cc3c(SCc4cccc(CBr)c4)cccc3C2=O)C(=O)N1. The second-order valence-corrected chi connectivity index (χ2v) is 8.50. The molecule has 1 saturated heterocycles. The highest BCUT2D eigenvalue weighted by atomic mass is 79.9. The van der Waals surface area contributed by atoms with Gasteiger partial charge in [0.2, 0.25) is 11.8 Å². The predicted octanol–water partition coefficient (Wildman–Crippen LogP) is 3.63. The number of alkyl halides is 1. The molecule has 28 heavy (non-hydrogen) atoms. The first kappa shape index (κ1) is 19.2. The van der Waals surface area contributed by atoms with Crippen LogP contribution in [0.3, 0.4) is 0 Å². The predicted molar refractivity (Wildman–Crippen MR) is 111 cm³/mol. The molecular formula is C21H19BrN2O3S. The molecule has 2 aliphatic heterocycles. The van der Waals surface area contributed by atoms with Gasteiger partial charge >= 0.3 is 0 Å². The third kappa shape index (κ3) is 3.73. The van der Waals surface area contributed by atoms with E-state index in [9.17, 15) is 14.4 Å². The van der Waals surface area contributed by atoms with E-state index in [0.29, 0.717) is 18.5 Å². The second kappa shape index (κ2) is 8.09. The number of piperidine rings is 1. The first-order valence-electron chi connectivity index (χ1n) is 9.10. The number of hydrogen-bond acceptors (Lipinski definition) is 4. The van der Waals surface area contributed by atoms with Gasteiger partial charge in [0, 0.05) is 34.5 Å². The molecule has 2 aromatic carbocycles. The van der Waals surface area contributed by atoms with Crippen molar-refractivity contribution < 1.29 is 14.4 Å². The number of amides is 3. The Morgan fingerprint density at radius 3 is 2.68 bits per heavy atom. The van der Waals surface area contributed by atoms with Crippen LogP contribution < -0.4 is 5.32 Å². The van der Waals surface area contributed by atoms with Crippen molar-refractivity contribution in [2.24, 2.45) is 0 Å². The Hall–Kier alpha value is -2.12. The van der Waals surface area contributed by atoms with Crippen LogP contribution >= 0.6 is 27.7 Å². The number of fused-ring (bicyclic) bond motifs is 1. The van der Waals surface area contributed by atoms with Crippen LogP contribution in [-0.2, 0) is 27.2 Å². The molecule has 5 nitrogen and oxygen atoms in total. The lowest BCUT2D eigenvalue weighted by Gasteiger charge is -2.29. The van der Waals surface area contributed by atoms with E-state index in [0.717, 1.165) is 21.5 Å². The Kier molecular flexibility index (Phi) is 5.55. The lowest BCUT2D eigenvalue weighted by atomic mass is 10.0. The Morgan fingerprint density at radius 2 is 1.89 bits per heavy atom. The van der Waals surface area contributed by atoms with Crippen LogP contribution in [0.25, 0.3) is 0 Å². The summed E-state index contributed by atoms with van der Waals surface area (Å²) in [5.74, 6) is 0.0305. The quantitative estimate of drug-likeness (QED) is 0.421. The number of nitrogens with one attached hydrogen (secondary N) is 1. The van der Waals surface area contributed by atoms with E-state index in [1.54, 1.807) is 16.7 Å². The zero-order chi connectivity index (χ0) is 19.7. The second-order valence-electron chi connectivity index (χ2n) is 6.92. The van der Waals surface area contributed by atoms with Crippen molar-refractivity contribution in [1.29, 1.82) is 0 Å². The Bertz CT molecular complexity index is 962. The molecule has 1 unspecified atom stereocenters. The number of carbonyl (C=O) groups excluding carboxylic acids is 3. The third-order valence-corrected chi connectivity index (χ3v) is 6.90. The summed E-state index contributed by atoms with van der Waals surface area (Å²) in [5.41, 5.74) is 4.09. The molecule has 1 N–H and O–H groups in total. The molecule has 0 aliphatic carbocycles. The molecule has 0 radical (unpaired) electrons. The normalized spacial score (nSPS) is 19.0. The van der Waals surface area contributed by atoms with Crippen molar-refractivity contribution in [3.05, 3.63) is 64.7 Å². The maximum atomic E-state index is 12.9. The average Bonchev–Trinajstić information content (AvgIpc) is 3.04. The van der Waals surface area contributed by atoms with E-state index in [4.69, 9.17) is 0 Å². The fourth-order valence-electron chi connectivity index (χ4n) is 3.66. The van der Waals surface area contributed by atoms with E-state index in [-0.39, 0.29) is 24.1 Å². The van der Waals surface area contributed by atoms with Crippen LogP contribution in [0.4, 0.5) is 0 Å². The number of nitrogens with zero attached hydrogens (tertiary/aromatic N) is 1. The molecule has 2 heterocycles. The van der Waals surface area contributed by atoms with E-state index in [1.165, 1.54) is 11.1 Å². The number of carbonyl (C=O) groups is 3. The minimum atomic E-state index is -0.578. The molecule has 0 aromatic heterocycles. The van der Waals surface area contributed by atoms with Gasteiger partial charge in [0.25, 0.3) is 5.91 Å². The standard InChI is InChI=1S/C21H19BrN2O3S/c22-10-13-3-1-4-14(9-13)12-28-18-6-2-5-15-16(18)11-24(21(15)27)17-7-8-19(25)23-20(17)26/h1-6,9,17H,7-8,10-12H2,(H,23,25,26). The van der Waals surface area contributed by atoms with Crippen molar-refractivity contribution in [3.8, 4) is 0 Å². The summed E-state index contributed by atoms with van der Waals surface area (Å²) in [6, 6.07) is 13.6. The third-order valence-electron chi connectivity index (χ3n) is 5.08. The molecule has 0 spiro atoms. The first-order valence-corrected chi connectivity index (χ1v) is 11.2. The van der Waals surface area contributed by atoms with Gasteiger partial charge in [-0.1, -0.05) is 46.3 Å². The minimum Gasteiger partial charge on any atom is -0.322 e. The molecule has 1 atom stereocenters. The molecule has 4 rings (SSSR count). The van der Waals surface area contributed by atoms with Gasteiger partial charge in [0.1, 0.15) is 6.04 Å². The van der Waals surface area contributed by atoms with Gasteiger partial charge in [-0.15, -0.1) is 11.8 Å². The smallest absolute Gasteiger partial charge is 0.255 e. The zero-order valence-electron chi connectivity index (χ0n) is 15.1. The summed E-state index contributed by atoms with van der Waals surface area (Å²) in [4.78, 5) is 39.2. The van der Waals surface area contributed by atoms with Crippen LogP contribution in [-0.4, -0.2) is 28.7 Å². The van der Waals surface area contributed by atoms with Crippen molar-refractivity contribution in [2.75, 3.05) is 0 Å². The molecule has 7 heteroatoms. The van der Waals surface area contributed by atoms with Gasteiger partial charge in [-0.25, -0.2) is 0 Å². The van der Waals surface area contributed by atoms with E-state index < -0.39 is 6.04 Å². The maximum absolute atomic E-state index is 12.9. The molecular weight excluding hydrogens is 440 g/mol. The monoisotopic (exact) mass is 458 g/mol. The van der Waals surface area contributed by atoms with E-state index >= 15 is 0 Å². The fourth-order valence-corrected chi connectivity index (χ4v) is 5.03. The number of benzene rings is 2. The van der Waals surface area contributed by atoms with Gasteiger partial charge in [-0.3, -0.25) is 19.7 Å². The van der Waals surface area contributed by atoms with Crippen molar-refractivity contribution in [1.82, 2.24) is 10.2 Å². The molecule has 2 aromatic rings. The highest BCUT2D eigenvalue weighted by molar-refractivity contribution is 9.08. The molecule has 1 fully saturated rings. The summed E-state index contributed by atoms with van der Waals surface area (Å²) in [6.07, 6.45) is 0.647. The van der Waals surface area contributed by atoms with Crippen molar-refractivity contribution in [3.63, 3.8) is 0 Å². The Morgan fingerprint density at radius 1 is 1.11 bits per heavy atom. The van der Waals surface area contributed by atoms with Gasteiger partial charge in [-0.2, -0.15) is 0 Å². The molecule has 144 valence electrons. The van der Waals surface area contributed by atoms with Crippen molar-refractivity contribution in [2.45, 2.75) is 41.4 Å². The zero-order valence-corrected chi connectivity index (χ0v) is 17.5. The highest BCUT2D eigenvalue weighted by Crippen LogP contribution is 2.35. The summed E-state index contributed by atoms with van der Waals surface area (Å²) < 4.78 is 0. The van der Waals surface area contributed by atoms with Crippen LogP contribution in [0.1, 0.15) is 39.9 Å². The van der Waals surface area contributed by atoms with Gasteiger partial charge in [0.15, 0.2) is 0 Å². The lowest BCUT2D eigenvalue weighted by molar-refractivity contribution is -0.136. The van der Waals surface area contributed by atoms with E-state index in [1.807, 2.05) is 18.2 Å². The van der Waals surface area contributed by atoms with Crippen LogP contribution in [0, 0.1) is 0 Å². The number of imide groups is 1.